The third-order valence-electron chi connectivity index (χ3n) is 3.64. The summed E-state index contributed by atoms with van der Waals surface area (Å²) in [5.41, 5.74) is 1.38. The van der Waals surface area contributed by atoms with Crippen molar-refractivity contribution in [1.82, 2.24) is 4.90 Å². The summed E-state index contributed by atoms with van der Waals surface area (Å²) < 4.78 is 10.1. The second-order valence-electron chi connectivity index (χ2n) is 5.17. The van der Waals surface area contributed by atoms with Gasteiger partial charge in [0.1, 0.15) is 11.3 Å². The van der Waals surface area contributed by atoms with Crippen LogP contribution >= 0.6 is 0 Å². The van der Waals surface area contributed by atoms with E-state index in [1.165, 1.54) is 7.11 Å². The number of carbonyl (C=O) groups is 2. The molecule has 2 rings (SSSR count). The van der Waals surface area contributed by atoms with Crippen LogP contribution in [0.1, 0.15) is 22.8 Å². The fourth-order valence-electron chi connectivity index (χ4n) is 2.28. The molecule has 0 aliphatic rings. The molecule has 0 radical (unpaired) electrons. The van der Waals surface area contributed by atoms with Crippen LogP contribution in [0.5, 0.6) is 5.75 Å². The first-order chi connectivity index (χ1) is 11.7. The summed E-state index contributed by atoms with van der Waals surface area (Å²) in [4.78, 5) is 25.7. The second kappa shape index (κ2) is 8.72. The van der Waals surface area contributed by atoms with Crippen LogP contribution in [0, 0.1) is 0 Å². The molecular weight excluding hydrogens is 306 g/mol. The van der Waals surface area contributed by atoms with E-state index in [0.29, 0.717) is 13.1 Å². The summed E-state index contributed by atoms with van der Waals surface area (Å²) in [6.07, 6.45) is 0.257. The standard InChI is InChI=1S/C19H21NO4/c1-3-20(14-13-15-9-5-4-6-10-15)19(22)24-17-12-8-7-11-16(17)18(21)23-2/h4-12H,3,13-14H2,1-2H3. The van der Waals surface area contributed by atoms with E-state index in [1.54, 1.807) is 29.2 Å². The minimum atomic E-state index is -0.536. The number of hydrogen-bond acceptors (Lipinski definition) is 4. The first-order valence-corrected chi connectivity index (χ1v) is 7.83. The Balaban J connectivity index is 2.03. The SMILES string of the molecule is CCN(CCc1ccccc1)C(=O)Oc1ccccc1C(=O)OC. The maximum absolute atomic E-state index is 12.4. The van der Waals surface area contributed by atoms with Crippen LogP contribution in [-0.2, 0) is 11.2 Å². The Morgan fingerprint density at radius 1 is 1.00 bits per heavy atom. The molecule has 0 spiro atoms. The summed E-state index contributed by atoms with van der Waals surface area (Å²) in [7, 11) is 1.29. The number of likely N-dealkylation sites (N-methyl/N-ethyl adjacent to an activating group) is 1. The van der Waals surface area contributed by atoms with Gasteiger partial charge in [-0.1, -0.05) is 42.5 Å². The highest BCUT2D eigenvalue weighted by Crippen LogP contribution is 2.19. The van der Waals surface area contributed by atoms with E-state index in [2.05, 4.69) is 0 Å². The summed E-state index contributed by atoms with van der Waals surface area (Å²) in [6, 6.07) is 16.5. The van der Waals surface area contributed by atoms with Crippen LogP contribution in [0.15, 0.2) is 54.6 Å². The Hall–Kier alpha value is -2.82. The molecule has 0 unspecified atom stereocenters. The number of hydrogen-bond donors (Lipinski definition) is 0. The zero-order valence-electron chi connectivity index (χ0n) is 13.9. The van der Waals surface area contributed by atoms with Gasteiger partial charge in [0, 0.05) is 13.1 Å². The molecule has 0 heterocycles. The fraction of sp³-hybridized carbons (Fsp3) is 0.263. The number of carbonyl (C=O) groups excluding carboxylic acids is 2. The Kier molecular flexibility index (Phi) is 6.37. The highest BCUT2D eigenvalue weighted by atomic mass is 16.6. The molecule has 2 aromatic carbocycles. The highest BCUT2D eigenvalue weighted by Gasteiger charge is 2.18. The van der Waals surface area contributed by atoms with Gasteiger partial charge >= 0.3 is 12.1 Å². The molecule has 0 aliphatic carbocycles. The molecule has 24 heavy (non-hydrogen) atoms. The Morgan fingerprint density at radius 3 is 2.33 bits per heavy atom. The number of esters is 1. The molecule has 0 saturated heterocycles. The molecule has 1 amide bonds. The molecule has 0 bridgehead atoms. The number of para-hydroxylation sites is 1. The molecule has 0 atom stereocenters. The molecule has 5 heteroatoms. The van der Waals surface area contributed by atoms with Gasteiger partial charge in [-0.25, -0.2) is 9.59 Å². The van der Waals surface area contributed by atoms with Crippen molar-refractivity contribution in [1.29, 1.82) is 0 Å². The van der Waals surface area contributed by atoms with Crippen LogP contribution < -0.4 is 4.74 Å². The normalized spacial score (nSPS) is 10.1. The number of amides is 1. The molecule has 0 saturated carbocycles. The predicted molar refractivity (Wildman–Crippen MR) is 91.2 cm³/mol. The Bertz CT molecular complexity index is 685. The Morgan fingerprint density at radius 2 is 1.67 bits per heavy atom. The van der Waals surface area contributed by atoms with E-state index >= 15 is 0 Å². The van der Waals surface area contributed by atoms with Gasteiger partial charge < -0.3 is 14.4 Å². The minimum absolute atomic E-state index is 0.201. The lowest BCUT2D eigenvalue weighted by molar-refractivity contribution is 0.0597. The van der Waals surface area contributed by atoms with Gasteiger partial charge in [0.2, 0.25) is 0 Å². The average Bonchev–Trinajstić information content (AvgIpc) is 2.63. The maximum Gasteiger partial charge on any atom is 0.415 e. The van der Waals surface area contributed by atoms with E-state index in [1.807, 2.05) is 37.3 Å². The summed E-state index contributed by atoms with van der Waals surface area (Å²) in [5.74, 6) is -0.335. The molecule has 0 aliphatic heterocycles. The molecule has 126 valence electrons. The number of ether oxygens (including phenoxy) is 2. The lowest BCUT2D eigenvalue weighted by Crippen LogP contribution is -2.35. The van der Waals surface area contributed by atoms with E-state index in [4.69, 9.17) is 9.47 Å². The first-order valence-electron chi connectivity index (χ1n) is 7.83. The van der Waals surface area contributed by atoms with Gasteiger partial charge in [-0.3, -0.25) is 0 Å². The highest BCUT2D eigenvalue weighted by molar-refractivity contribution is 5.93. The molecule has 0 fully saturated rings. The molecule has 0 N–H and O–H groups in total. The molecule has 0 aromatic heterocycles. The number of benzene rings is 2. The van der Waals surface area contributed by atoms with Crippen LogP contribution in [0.2, 0.25) is 0 Å². The zero-order valence-corrected chi connectivity index (χ0v) is 13.9. The van der Waals surface area contributed by atoms with Crippen LogP contribution in [-0.4, -0.2) is 37.2 Å². The third-order valence-corrected chi connectivity index (χ3v) is 3.64. The Labute approximate surface area is 141 Å². The van der Waals surface area contributed by atoms with Crippen molar-refractivity contribution in [2.75, 3.05) is 20.2 Å². The monoisotopic (exact) mass is 327 g/mol. The minimum Gasteiger partial charge on any atom is -0.465 e. The van der Waals surface area contributed by atoms with Gasteiger partial charge in [-0.05, 0) is 31.0 Å². The van der Waals surface area contributed by atoms with Crippen molar-refractivity contribution in [3.8, 4) is 5.75 Å². The first kappa shape index (κ1) is 17.5. The number of rotatable bonds is 6. The quantitative estimate of drug-likeness (QED) is 0.762. The predicted octanol–water partition coefficient (Wildman–Crippen LogP) is 3.54. The number of methoxy groups -OCH3 is 1. The van der Waals surface area contributed by atoms with E-state index in [0.717, 1.165) is 12.0 Å². The average molecular weight is 327 g/mol. The lowest BCUT2D eigenvalue weighted by Gasteiger charge is -2.20. The third kappa shape index (κ3) is 4.59. The van der Waals surface area contributed by atoms with E-state index < -0.39 is 12.1 Å². The lowest BCUT2D eigenvalue weighted by atomic mass is 10.1. The summed E-state index contributed by atoms with van der Waals surface area (Å²) in [6.45, 7) is 2.95. The fourth-order valence-corrected chi connectivity index (χ4v) is 2.28. The van der Waals surface area contributed by atoms with Crippen molar-refractivity contribution >= 4 is 12.1 Å². The number of nitrogens with zero attached hydrogens (tertiary/aromatic N) is 1. The van der Waals surface area contributed by atoms with Crippen molar-refractivity contribution in [3.63, 3.8) is 0 Å². The smallest absolute Gasteiger partial charge is 0.415 e. The zero-order chi connectivity index (χ0) is 17.4. The molecule has 5 nitrogen and oxygen atoms in total. The largest absolute Gasteiger partial charge is 0.465 e. The van der Waals surface area contributed by atoms with Crippen LogP contribution in [0.3, 0.4) is 0 Å². The van der Waals surface area contributed by atoms with Gasteiger partial charge in [-0.15, -0.1) is 0 Å². The van der Waals surface area contributed by atoms with Gasteiger partial charge in [0.15, 0.2) is 0 Å². The van der Waals surface area contributed by atoms with Crippen molar-refractivity contribution in [2.24, 2.45) is 0 Å². The van der Waals surface area contributed by atoms with Crippen LogP contribution in [0.4, 0.5) is 4.79 Å². The van der Waals surface area contributed by atoms with Crippen molar-refractivity contribution < 1.29 is 19.1 Å². The topological polar surface area (TPSA) is 55.8 Å². The summed E-state index contributed by atoms with van der Waals surface area (Å²) >= 11 is 0. The van der Waals surface area contributed by atoms with Crippen molar-refractivity contribution in [2.45, 2.75) is 13.3 Å². The summed E-state index contributed by atoms with van der Waals surface area (Å²) in [5, 5.41) is 0. The maximum atomic E-state index is 12.4. The molecule has 2 aromatic rings. The van der Waals surface area contributed by atoms with E-state index in [-0.39, 0.29) is 11.3 Å². The second-order valence-corrected chi connectivity index (χ2v) is 5.17. The van der Waals surface area contributed by atoms with Gasteiger partial charge in [0.05, 0.1) is 7.11 Å². The van der Waals surface area contributed by atoms with Crippen LogP contribution in [0.25, 0.3) is 0 Å². The van der Waals surface area contributed by atoms with E-state index in [9.17, 15) is 9.59 Å². The van der Waals surface area contributed by atoms with Gasteiger partial charge in [-0.2, -0.15) is 0 Å². The molecular formula is C19H21NO4. The van der Waals surface area contributed by atoms with Crippen molar-refractivity contribution in [3.05, 3.63) is 65.7 Å². The van der Waals surface area contributed by atoms with Gasteiger partial charge in [0.25, 0.3) is 0 Å².